The number of hydrogen-bond donors (Lipinski definition) is 1. The maximum Gasteiger partial charge on any atom is 0.305 e. The zero-order valence-electron chi connectivity index (χ0n) is 6.36. The van der Waals surface area contributed by atoms with Gasteiger partial charge < -0.3 is 14.6 Å². The van der Waals surface area contributed by atoms with Gasteiger partial charge in [0.1, 0.15) is 0 Å². The summed E-state index contributed by atoms with van der Waals surface area (Å²) < 4.78 is 8.58. The first-order chi connectivity index (χ1) is 5.02. The first-order valence-electron chi connectivity index (χ1n) is 3.01. The van der Waals surface area contributed by atoms with E-state index in [0.29, 0.717) is 0 Å². The summed E-state index contributed by atoms with van der Waals surface area (Å²) in [5, 5.41) is 8.75. The lowest BCUT2D eigenvalue weighted by Gasteiger charge is -2.09. The third kappa shape index (κ3) is 6.79. The molecule has 5 nitrogen and oxygen atoms in total. The number of hydrogen-bond acceptors (Lipinski definition) is 5. The van der Waals surface area contributed by atoms with Gasteiger partial charge in [0.25, 0.3) is 0 Å². The van der Waals surface area contributed by atoms with Crippen molar-refractivity contribution in [1.29, 1.82) is 0 Å². The fraction of sp³-hybridized carbons (Fsp3) is 0.667. The molecule has 0 bridgehead atoms. The van der Waals surface area contributed by atoms with E-state index in [1.54, 1.807) is 0 Å². The highest BCUT2D eigenvalue weighted by atomic mass is 16.7. The first-order valence-corrected chi connectivity index (χ1v) is 3.01. The van der Waals surface area contributed by atoms with Gasteiger partial charge in [-0.2, -0.15) is 0 Å². The van der Waals surface area contributed by atoms with Crippen LogP contribution in [-0.4, -0.2) is 29.9 Å². The smallest absolute Gasteiger partial charge is 0.305 e. The molecule has 0 fully saturated rings. The molecule has 0 aromatic rings. The Bertz CT molecular complexity index is 153. The number of rotatable bonds is 3. The van der Waals surface area contributed by atoms with Crippen molar-refractivity contribution in [3.63, 3.8) is 0 Å². The number of aliphatic hydroxyl groups is 1. The van der Waals surface area contributed by atoms with Crippen LogP contribution >= 0.6 is 0 Å². The van der Waals surface area contributed by atoms with Gasteiger partial charge in [0.15, 0.2) is 6.61 Å². The fourth-order valence-electron chi connectivity index (χ4n) is 0.414. The van der Waals surface area contributed by atoms with Crippen LogP contribution in [0.1, 0.15) is 13.8 Å². The van der Waals surface area contributed by atoms with Crippen LogP contribution in [0.5, 0.6) is 0 Å². The van der Waals surface area contributed by atoms with Gasteiger partial charge in [-0.15, -0.1) is 0 Å². The van der Waals surface area contributed by atoms with Gasteiger partial charge in [-0.1, -0.05) is 0 Å². The molecule has 1 atom stereocenters. The highest BCUT2D eigenvalue weighted by Gasteiger charge is 2.07. The Morgan fingerprint density at radius 1 is 1.36 bits per heavy atom. The Hall–Kier alpha value is -1.10. The Balaban J connectivity index is 3.44. The molecule has 0 spiro atoms. The van der Waals surface area contributed by atoms with Crippen LogP contribution in [0.25, 0.3) is 0 Å². The molecule has 1 N–H and O–H groups in total. The Kier molecular flexibility index (Phi) is 4.21. The predicted octanol–water partition coefficient (Wildman–Crippen LogP) is -0.569. The van der Waals surface area contributed by atoms with Gasteiger partial charge in [0, 0.05) is 13.8 Å². The second kappa shape index (κ2) is 4.68. The minimum atomic E-state index is -1.36. The van der Waals surface area contributed by atoms with Crippen molar-refractivity contribution in [1.82, 2.24) is 0 Å². The molecule has 0 aromatic heterocycles. The molecule has 11 heavy (non-hydrogen) atoms. The molecule has 0 amide bonds. The largest absolute Gasteiger partial charge is 0.459 e. The normalized spacial score (nSPS) is 11.9. The van der Waals surface area contributed by atoms with Gasteiger partial charge in [-0.25, -0.2) is 0 Å². The summed E-state index contributed by atoms with van der Waals surface area (Å²) in [5.74, 6) is -1.15. The number of ether oxygens (including phenoxy) is 2. The second-order valence-electron chi connectivity index (χ2n) is 1.87. The minimum absolute atomic E-state index is 0.324. The molecular weight excluding hydrogens is 152 g/mol. The maximum atomic E-state index is 10.2. The lowest BCUT2D eigenvalue weighted by Crippen LogP contribution is -2.22. The van der Waals surface area contributed by atoms with E-state index in [-0.39, 0.29) is 6.61 Å². The van der Waals surface area contributed by atoms with Crippen LogP contribution in [0.3, 0.4) is 0 Å². The molecule has 64 valence electrons. The van der Waals surface area contributed by atoms with Crippen molar-refractivity contribution in [2.24, 2.45) is 0 Å². The Morgan fingerprint density at radius 2 is 1.91 bits per heavy atom. The van der Waals surface area contributed by atoms with Crippen LogP contribution in [0.2, 0.25) is 0 Å². The lowest BCUT2D eigenvalue weighted by atomic mass is 10.6. The summed E-state index contributed by atoms with van der Waals surface area (Å²) in [4.78, 5) is 20.3. The standard InChI is InChI=1S/C6H10O5/c1-4(7)10-3-6(9)11-5(2)8/h6,9H,3H2,1-2H3. The molecule has 0 saturated carbocycles. The molecule has 1 unspecified atom stereocenters. The van der Waals surface area contributed by atoms with Crippen LogP contribution in [0, 0.1) is 0 Å². The molecule has 0 aromatic carbocycles. The monoisotopic (exact) mass is 162 g/mol. The van der Waals surface area contributed by atoms with Crippen molar-refractivity contribution in [3.8, 4) is 0 Å². The summed E-state index contributed by atoms with van der Waals surface area (Å²) in [7, 11) is 0. The highest BCUT2D eigenvalue weighted by Crippen LogP contribution is 1.89. The second-order valence-corrected chi connectivity index (χ2v) is 1.87. The van der Waals surface area contributed by atoms with Gasteiger partial charge in [0.05, 0.1) is 0 Å². The summed E-state index contributed by atoms with van der Waals surface area (Å²) in [5.41, 5.74) is 0. The zero-order valence-corrected chi connectivity index (χ0v) is 6.36. The summed E-state index contributed by atoms with van der Waals surface area (Å²) in [6, 6.07) is 0. The van der Waals surface area contributed by atoms with E-state index in [1.165, 1.54) is 6.92 Å². The third-order valence-corrected chi connectivity index (χ3v) is 0.731. The van der Waals surface area contributed by atoms with Crippen molar-refractivity contribution >= 4 is 11.9 Å². The van der Waals surface area contributed by atoms with E-state index in [1.807, 2.05) is 0 Å². The van der Waals surface area contributed by atoms with Gasteiger partial charge in [0.2, 0.25) is 6.29 Å². The maximum absolute atomic E-state index is 10.2. The van der Waals surface area contributed by atoms with Crippen LogP contribution in [-0.2, 0) is 19.1 Å². The molecule has 0 radical (unpaired) electrons. The average Bonchev–Trinajstić information content (AvgIpc) is 1.82. The molecular formula is C6H10O5. The molecule has 0 saturated heterocycles. The van der Waals surface area contributed by atoms with E-state index in [2.05, 4.69) is 9.47 Å². The third-order valence-electron chi connectivity index (χ3n) is 0.731. The number of aliphatic hydroxyl groups excluding tert-OH is 1. The lowest BCUT2D eigenvalue weighted by molar-refractivity contribution is -0.179. The van der Waals surface area contributed by atoms with Gasteiger partial charge in [-0.05, 0) is 0 Å². The number of carbonyl (C=O) groups excluding carboxylic acids is 2. The molecule has 5 heteroatoms. The Labute approximate surface area is 63.9 Å². The van der Waals surface area contributed by atoms with E-state index < -0.39 is 18.2 Å². The number of esters is 2. The summed E-state index contributed by atoms with van der Waals surface area (Å²) in [6.07, 6.45) is -1.36. The number of carbonyl (C=O) groups is 2. The highest BCUT2D eigenvalue weighted by molar-refractivity contribution is 5.66. The van der Waals surface area contributed by atoms with Crippen LogP contribution in [0.4, 0.5) is 0 Å². The van der Waals surface area contributed by atoms with Crippen molar-refractivity contribution in [2.45, 2.75) is 20.1 Å². The molecule has 0 aliphatic rings. The quantitative estimate of drug-likeness (QED) is 0.444. The topological polar surface area (TPSA) is 72.8 Å². The molecule has 0 aliphatic carbocycles. The molecule has 0 rings (SSSR count). The zero-order chi connectivity index (χ0) is 8.85. The van der Waals surface area contributed by atoms with Crippen molar-refractivity contribution in [3.05, 3.63) is 0 Å². The van der Waals surface area contributed by atoms with Gasteiger partial charge >= 0.3 is 11.9 Å². The van der Waals surface area contributed by atoms with Crippen molar-refractivity contribution in [2.75, 3.05) is 6.61 Å². The van der Waals surface area contributed by atoms with E-state index in [9.17, 15) is 9.59 Å². The van der Waals surface area contributed by atoms with Gasteiger partial charge in [-0.3, -0.25) is 9.59 Å². The SMILES string of the molecule is CC(=O)OCC(O)OC(C)=O. The van der Waals surface area contributed by atoms with Crippen molar-refractivity contribution < 1.29 is 24.2 Å². The predicted molar refractivity (Wildman–Crippen MR) is 34.4 cm³/mol. The van der Waals surface area contributed by atoms with E-state index in [4.69, 9.17) is 5.11 Å². The van der Waals surface area contributed by atoms with Crippen LogP contribution < -0.4 is 0 Å². The minimum Gasteiger partial charge on any atom is -0.459 e. The average molecular weight is 162 g/mol. The summed E-state index contributed by atoms with van der Waals surface area (Å²) in [6.45, 7) is 2.02. The van der Waals surface area contributed by atoms with Crippen LogP contribution in [0.15, 0.2) is 0 Å². The molecule has 0 heterocycles. The summed E-state index contributed by atoms with van der Waals surface area (Å²) >= 11 is 0. The van der Waals surface area contributed by atoms with E-state index in [0.717, 1.165) is 6.92 Å². The fourth-order valence-corrected chi connectivity index (χ4v) is 0.414. The Morgan fingerprint density at radius 3 is 2.27 bits per heavy atom. The van der Waals surface area contributed by atoms with E-state index >= 15 is 0 Å². The first kappa shape index (κ1) is 9.90. The molecule has 0 aliphatic heterocycles.